The summed E-state index contributed by atoms with van der Waals surface area (Å²) in [5, 5.41) is 2.60. The summed E-state index contributed by atoms with van der Waals surface area (Å²) in [7, 11) is 0. The summed E-state index contributed by atoms with van der Waals surface area (Å²) in [4.78, 5) is 46.6. The van der Waals surface area contributed by atoms with Gasteiger partial charge >= 0.3 is 0 Å². The van der Waals surface area contributed by atoms with Gasteiger partial charge in [-0.25, -0.2) is 4.98 Å². The second-order valence-electron chi connectivity index (χ2n) is 6.58. The first kappa shape index (κ1) is 20.1. The molecule has 6 nitrogen and oxygen atoms in total. The Balaban J connectivity index is 1.61. The Morgan fingerprint density at radius 3 is 2.72 bits per heavy atom. The lowest BCUT2D eigenvalue weighted by Crippen LogP contribution is -2.43. The number of thioether (sulfide) groups is 1. The number of rotatable bonds is 7. The van der Waals surface area contributed by atoms with Crippen LogP contribution in [0.2, 0.25) is 0 Å². The third kappa shape index (κ3) is 4.36. The van der Waals surface area contributed by atoms with Gasteiger partial charge in [-0.15, -0.1) is 23.1 Å². The van der Waals surface area contributed by atoms with E-state index in [1.807, 2.05) is 35.9 Å². The first-order valence-electron chi connectivity index (χ1n) is 9.15. The van der Waals surface area contributed by atoms with E-state index in [1.165, 1.54) is 16.2 Å². The maximum Gasteiger partial charge on any atom is 0.248 e. The number of benzene rings is 1. The van der Waals surface area contributed by atoms with Gasteiger partial charge in [0.1, 0.15) is 6.54 Å². The van der Waals surface area contributed by atoms with Gasteiger partial charge in [-0.2, -0.15) is 0 Å². The van der Waals surface area contributed by atoms with Gasteiger partial charge < -0.3 is 0 Å². The van der Waals surface area contributed by atoms with Crippen molar-refractivity contribution in [2.24, 2.45) is 0 Å². The summed E-state index contributed by atoms with van der Waals surface area (Å²) in [5.41, 5.74) is 0.838. The van der Waals surface area contributed by atoms with Crippen molar-refractivity contribution in [2.45, 2.75) is 24.2 Å². The topological polar surface area (TPSA) is 70.6 Å². The Morgan fingerprint density at radius 1 is 1.24 bits per heavy atom. The number of carbonyl (C=O) groups is 3. The molecule has 0 atom stereocenters. The Hall–Kier alpha value is -2.23. The fraction of sp³-hybridized carbons (Fsp3) is 0.300. The van der Waals surface area contributed by atoms with Crippen LogP contribution in [0, 0.1) is 0 Å². The number of hydrogen-bond donors (Lipinski definition) is 0. The molecule has 3 amide bonds. The molecule has 3 aromatic rings. The van der Waals surface area contributed by atoms with Crippen molar-refractivity contribution in [1.29, 1.82) is 0 Å². The third-order valence-corrected chi connectivity index (χ3v) is 7.43. The van der Waals surface area contributed by atoms with Crippen LogP contribution in [0.25, 0.3) is 10.2 Å². The number of anilines is 1. The first-order valence-corrected chi connectivity index (χ1v) is 12.1. The SMILES string of the molecule is CSc1ccc2nc(N(CCc3cccs3)C(=O)CN3C(=O)CCC3=O)sc2c1. The van der Waals surface area contributed by atoms with E-state index in [4.69, 9.17) is 0 Å². The van der Waals surface area contributed by atoms with E-state index in [2.05, 4.69) is 11.1 Å². The minimum Gasteiger partial charge on any atom is -0.286 e. The standard InChI is InChI=1S/C20H19N3O3S3/c1-27-14-4-5-15-16(11-14)29-20(21-15)22(9-8-13-3-2-10-28-13)19(26)12-23-17(24)6-7-18(23)25/h2-5,10-11H,6-9,12H2,1H3. The Morgan fingerprint density at radius 2 is 2.03 bits per heavy atom. The molecule has 0 spiro atoms. The number of amides is 3. The minimum absolute atomic E-state index is 0.180. The predicted octanol–water partition coefficient (Wildman–Crippen LogP) is 3.80. The second-order valence-corrected chi connectivity index (χ2v) is 9.50. The molecule has 1 aromatic carbocycles. The maximum absolute atomic E-state index is 13.1. The number of imide groups is 1. The Labute approximate surface area is 180 Å². The van der Waals surface area contributed by atoms with E-state index in [-0.39, 0.29) is 37.1 Å². The Bertz CT molecular complexity index is 1050. The van der Waals surface area contributed by atoms with Crippen LogP contribution < -0.4 is 4.90 Å². The minimum atomic E-state index is -0.283. The van der Waals surface area contributed by atoms with E-state index in [9.17, 15) is 14.4 Å². The van der Waals surface area contributed by atoms with Crippen molar-refractivity contribution in [3.63, 3.8) is 0 Å². The molecule has 0 radical (unpaired) electrons. The molecule has 2 aromatic heterocycles. The highest BCUT2D eigenvalue weighted by Crippen LogP contribution is 2.32. The fourth-order valence-corrected chi connectivity index (χ4v) is 5.42. The summed E-state index contributed by atoms with van der Waals surface area (Å²) >= 11 is 4.75. The van der Waals surface area contributed by atoms with E-state index in [0.29, 0.717) is 18.1 Å². The van der Waals surface area contributed by atoms with E-state index in [0.717, 1.165) is 20.0 Å². The van der Waals surface area contributed by atoms with Gasteiger partial charge in [-0.3, -0.25) is 24.2 Å². The highest BCUT2D eigenvalue weighted by molar-refractivity contribution is 7.98. The van der Waals surface area contributed by atoms with Gasteiger partial charge in [0.15, 0.2) is 5.13 Å². The zero-order valence-electron chi connectivity index (χ0n) is 15.8. The third-order valence-electron chi connectivity index (χ3n) is 4.73. The molecule has 1 aliphatic heterocycles. The van der Waals surface area contributed by atoms with E-state index in [1.54, 1.807) is 28.0 Å². The lowest BCUT2D eigenvalue weighted by Gasteiger charge is -2.22. The van der Waals surface area contributed by atoms with E-state index >= 15 is 0 Å². The number of likely N-dealkylation sites (tertiary alicyclic amines) is 1. The van der Waals surface area contributed by atoms with Crippen LogP contribution >= 0.6 is 34.4 Å². The van der Waals surface area contributed by atoms with Crippen molar-refractivity contribution < 1.29 is 14.4 Å². The van der Waals surface area contributed by atoms with Crippen LogP contribution in [0.3, 0.4) is 0 Å². The predicted molar refractivity (Wildman–Crippen MR) is 118 cm³/mol. The highest BCUT2D eigenvalue weighted by atomic mass is 32.2. The molecule has 150 valence electrons. The number of hydrogen-bond acceptors (Lipinski definition) is 7. The molecule has 0 aliphatic carbocycles. The van der Waals surface area contributed by atoms with Gasteiger partial charge in [0.05, 0.1) is 10.2 Å². The number of carbonyl (C=O) groups excluding carboxylic acids is 3. The first-order chi connectivity index (χ1) is 14.0. The van der Waals surface area contributed by atoms with Crippen LogP contribution in [0.4, 0.5) is 5.13 Å². The van der Waals surface area contributed by atoms with Gasteiger partial charge in [0, 0.05) is 29.2 Å². The molecule has 4 rings (SSSR count). The van der Waals surface area contributed by atoms with Crippen molar-refractivity contribution in [2.75, 3.05) is 24.2 Å². The summed E-state index contributed by atoms with van der Waals surface area (Å²) in [6.45, 7) is 0.221. The van der Waals surface area contributed by atoms with Gasteiger partial charge in [0.2, 0.25) is 17.7 Å². The number of thiophene rings is 1. The molecule has 9 heteroatoms. The quantitative estimate of drug-likeness (QED) is 0.409. The van der Waals surface area contributed by atoms with Gasteiger partial charge in [-0.1, -0.05) is 17.4 Å². The number of aromatic nitrogens is 1. The molecule has 1 aliphatic rings. The van der Waals surface area contributed by atoms with Crippen molar-refractivity contribution in [3.8, 4) is 0 Å². The smallest absolute Gasteiger partial charge is 0.248 e. The molecule has 0 saturated carbocycles. The van der Waals surface area contributed by atoms with Crippen LogP contribution in [-0.4, -0.2) is 47.0 Å². The molecule has 1 saturated heterocycles. The number of thiazole rings is 1. The van der Waals surface area contributed by atoms with Gasteiger partial charge in [0.25, 0.3) is 0 Å². The number of fused-ring (bicyclic) bond motifs is 1. The van der Waals surface area contributed by atoms with Crippen LogP contribution in [0.15, 0.2) is 40.6 Å². The highest BCUT2D eigenvalue weighted by Gasteiger charge is 2.32. The van der Waals surface area contributed by atoms with Crippen molar-refractivity contribution in [1.82, 2.24) is 9.88 Å². The van der Waals surface area contributed by atoms with Crippen molar-refractivity contribution in [3.05, 3.63) is 40.6 Å². The van der Waals surface area contributed by atoms with Crippen LogP contribution in [0.1, 0.15) is 17.7 Å². The summed E-state index contributed by atoms with van der Waals surface area (Å²) in [5.74, 6) is -0.847. The molecule has 3 heterocycles. The lowest BCUT2D eigenvalue weighted by molar-refractivity contribution is -0.141. The van der Waals surface area contributed by atoms with Gasteiger partial charge in [-0.05, 0) is 42.3 Å². The summed E-state index contributed by atoms with van der Waals surface area (Å²) < 4.78 is 1.01. The molecule has 0 N–H and O–H groups in total. The maximum atomic E-state index is 13.1. The van der Waals surface area contributed by atoms with E-state index < -0.39 is 0 Å². The average Bonchev–Trinajstić information content (AvgIpc) is 3.44. The fourth-order valence-electron chi connectivity index (χ4n) is 3.16. The zero-order chi connectivity index (χ0) is 20.4. The monoisotopic (exact) mass is 445 g/mol. The molecular formula is C20H19N3O3S3. The average molecular weight is 446 g/mol. The molecular weight excluding hydrogens is 426 g/mol. The van der Waals surface area contributed by atoms with Crippen LogP contribution in [0.5, 0.6) is 0 Å². The molecule has 1 fully saturated rings. The Kier molecular flexibility index (Phi) is 5.98. The summed E-state index contributed by atoms with van der Waals surface area (Å²) in [6, 6.07) is 10.0. The zero-order valence-corrected chi connectivity index (χ0v) is 18.2. The van der Waals surface area contributed by atoms with Crippen LogP contribution in [-0.2, 0) is 20.8 Å². The second kappa shape index (κ2) is 8.64. The lowest BCUT2D eigenvalue weighted by atomic mass is 10.3. The number of nitrogens with zero attached hydrogens (tertiary/aromatic N) is 3. The molecule has 0 bridgehead atoms. The summed E-state index contributed by atoms with van der Waals surface area (Å²) in [6.07, 6.45) is 3.07. The molecule has 29 heavy (non-hydrogen) atoms. The van der Waals surface area contributed by atoms with Crippen molar-refractivity contribution >= 4 is 67.5 Å². The molecule has 0 unspecified atom stereocenters. The normalized spacial score (nSPS) is 14.2. The largest absolute Gasteiger partial charge is 0.286 e.